The van der Waals surface area contributed by atoms with E-state index in [2.05, 4.69) is 47.7 Å². The van der Waals surface area contributed by atoms with Gasteiger partial charge in [0.15, 0.2) is 0 Å². The molecule has 0 spiro atoms. The molecule has 1 aliphatic heterocycles. The van der Waals surface area contributed by atoms with Crippen molar-refractivity contribution < 1.29 is 5.11 Å². The highest BCUT2D eigenvalue weighted by atomic mass is 16.3. The number of rotatable bonds is 1. The van der Waals surface area contributed by atoms with Gasteiger partial charge in [0.25, 0.3) is 0 Å². The molecule has 3 heteroatoms. The molecule has 2 aromatic rings. The Morgan fingerprint density at radius 3 is 2.85 bits per heavy atom. The minimum Gasteiger partial charge on any atom is -0.392 e. The van der Waals surface area contributed by atoms with E-state index in [1.54, 1.807) is 0 Å². The minimum absolute atomic E-state index is 0.0168. The van der Waals surface area contributed by atoms with E-state index in [0.717, 1.165) is 12.8 Å². The number of aliphatic hydroxyl groups excluding tert-OH is 1. The van der Waals surface area contributed by atoms with E-state index in [1.165, 1.54) is 16.8 Å². The van der Waals surface area contributed by atoms with E-state index in [9.17, 15) is 5.11 Å². The Bertz CT molecular complexity index is 659. The van der Waals surface area contributed by atoms with Crippen LogP contribution >= 0.6 is 0 Å². The summed E-state index contributed by atoms with van der Waals surface area (Å²) in [4.78, 5) is 4.31. The number of imidazole rings is 1. The van der Waals surface area contributed by atoms with Crippen LogP contribution in [0.2, 0.25) is 0 Å². The lowest BCUT2D eigenvalue weighted by Crippen LogP contribution is -2.32. The maximum atomic E-state index is 10.7. The molecule has 2 aliphatic rings. The van der Waals surface area contributed by atoms with Gasteiger partial charge in [-0.15, -0.1) is 0 Å². The first-order chi connectivity index (χ1) is 9.59. The average molecular weight is 268 g/mol. The van der Waals surface area contributed by atoms with Crippen LogP contribution in [0.5, 0.6) is 0 Å². The zero-order chi connectivity index (χ0) is 13.9. The third-order valence-corrected chi connectivity index (χ3v) is 5.25. The molecule has 0 radical (unpaired) electrons. The molecule has 0 bridgehead atoms. The van der Waals surface area contributed by atoms with E-state index < -0.39 is 0 Å². The van der Waals surface area contributed by atoms with Crippen molar-refractivity contribution in [3.05, 3.63) is 42.4 Å². The second-order valence-corrected chi connectivity index (χ2v) is 6.85. The normalized spacial score (nSPS) is 30.2. The Labute approximate surface area is 119 Å². The minimum atomic E-state index is -0.256. The molecule has 1 aliphatic carbocycles. The maximum Gasteiger partial charge on any atom is 0.0956 e. The smallest absolute Gasteiger partial charge is 0.0956 e. The van der Waals surface area contributed by atoms with Gasteiger partial charge in [-0.05, 0) is 23.8 Å². The van der Waals surface area contributed by atoms with Gasteiger partial charge in [-0.1, -0.05) is 38.1 Å². The molecule has 20 heavy (non-hydrogen) atoms. The van der Waals surface area contributed by atoms with E-state index in [1.807, 2.05) is 12.5 Å². The van der Waals surface area contributed by atoms with Gasteiger partial charge in [0.1, 0.15) is 0 Å². The summed E-state index contributed by atoms with van der Waals surface area (Å²) in [5, 5.41) is 10.7. The molecule has 0 saturated heterocycles. The second kappa shape index (κ2) is 3.95. The number of benzene rings is 1. The zero-order valence-corrected chi connectivity index (χ0v) is 12.0. The third kappa shape index (κ3) is 1.47. The highest BCUT2D eigenvalue weighted by Crippen LogP contribution is 2.52. The molecule has 1 N–H and O–H groups in total. The largest absolute Gasteiger partial charge is 0.392 e. The lowest BCUT2D eigenvalue weighted by Gasteiger charge is -2.30. The van der Waals surface area contributed by atoms with Crippen LogP contribution in [-0.4, -0.2) is 20.8 Å². The number of fused-ring (bicyclic) bond motifs is 3. The monoisotopic (exact) mass is 268 g/mol. The van der Waals surface area contributed by atoms with Crippen LogP contribution in [-0.2, 0) is 0 Å². The van der Waals surface area contributed by atoms with Gasteiger partial charge < -0.3 is 9.67 Å². The van der Waals surface area contributed by atoms with Gasteiger partial charge in [-0.2, -0.15) is 0 Å². The van der Waals surface area contributed by atoms with Crippen LogP contribution in [0.4, 0.5) is 0 Å². The van der Waals surface area contributed by atoms with Crippen molar-refractivity contribution in [1.29, 1.82) is 0 Å². The molecule has 0 amide bonds. The summed E-state index contributed by atoms with van der Waals surface area (Å²) in [7, 11) is 0. The topological polar surface area (TPSA) is 38.0 Å². The number of hydrogen-bond acceptors (Lipinski definition) is 2. The van der Waals surface area contributed by atoms with Crippen molar-refractivity contribution in [2.45, 2.75) is 38.8 Å². The molecule has 2 heterocycles. The Kier molecular flexibility index (Phi) is 2.40. The number of nitrogens with zero attached hydrogens (tertiary/aromatic N) is 2. The first-order valence-corrected chi connectivity index (χ1v) is 7.39. The van der Waals surface area contributed by atoms with Crippen LogP contribution in [0.15, 0.2) is 36.8 Å². The number of aliphatic hydroxyl groups is 1. The van der Waals surface area contributed by atoms with Gasteiger partial charge in [0.05, 0.1) is 30.4 Å². The molecule has 104 valence electrons. The van der Waals surface area contributed by atoms with Crippen molar-refractivity contribution in [2.75, 3.05) is 0 Å². The Hall–Kier alpha value is -1.61. The Balaban J connectivity index is 1.84. The van der Waals surface area contributed by atoms with E-state index in [4.69, 9.17) is 0 Å². The highest BCUT2D eigenvalue weighted by Gasteiger charge is 2.47. The second-order valence-electron chi connectivity index (χ2n) is 6.85. The first-order valence-electron chi connectivity index (χ1n) is 7.39. The average Bonchev–Trinajstić information content (AvgIpc) is 3.07. The van der Waals surface area contributed by atoms with Gasteiger partial charge in [0, 0.05) is 11.5 Å². The van der Waals surface area contributed by atoms with Gasteiger partial charge in [0.2, 0.25) is 0 Å². The Morgan fingerprint density at radius 1 is 1.30 bits per heavy atom. The summed E-state index contributed by atoms with van der Waals surface area (Å²) in [6.07, 6.45) is 5.75. The summed E-state index contributed by atoms with van der Waals surface area (Å²) in [6, 6.07) is 8.77. The SMILES string of the molecule is CC1(C)CC[C@H]([C@@H]2c3ccccc3-c3cncn32)[C@H]1O. The van der Waals surface area contributed by atoms with Crippen LogP contribution in [0.1, 0.15) is 38.3 Å². The molecule has 1 aromatic heterocycles. The molecule has 1 saturated carbocycles. The summed E-state index contributed by atoms with van der Waals surface area (Å²) in [5.74, 6) is 0.279. The molecule has 3 atom stereocenters. The van der Waals surface area contributed by atoms with Gasteiger partial charge in [-0.25, -0.2) is 4.98 Å². The van der Waals surface area contributed by atoms with Crippen LogP contribution < -0.4 is 0 Å². The van der Waals surface area contributed by atoms with Crippen molar-refractivity contribution in [1.82, 2.24) is 9.55 Å². The molecule has 4 rings (SSSR count). The van der Waals surface area contributed by atoms with Crippen molar-refractivity contribution in [3.63, 3.8) is 0 Å². The molecule has 0 unspecified atom stereocenters. The number of aromatic nitrogens is 2. The summed E-state index contributed by atoms with van der Waals surface area (Å²) >= 11 is 0. The Morgan fingerprint density at radius 2 is 2.10 bits per heavy atom. The maximum absolute atomic E-state index is 10.7. The van der Waals surface area contributed by atoms with E-state index in [-0.39, 0.29) is 23.5 Å². The molecule has 1 fully saturated rings. The fraction of sp³-hybridized carbons (Fsp3) is 0.471. The summed E-state index contributed by atoms with van der Waals surface area (Å²) in [6.45, 7) is 4.35. The van der Waals surface area contributed by atoms with Crippen LogP contribution in [0, 0.1) is 11.3 Å². The quantitative estimate of drug-likeness (QED) is 0.862. The van der Waals surface area contributed by atoms with Crippen LogP contribution in [0.3, 0.4) is 0 Å². The lowest BCUT2D eigenvalue weighted by atomic mass is 9.83. The molecular formula is C17H20N2O. The lowest BCUT2D eigenvalue weighted by molar-refractivity contribution is 0.0344. The standard InChI is InChI=1S/C17H20N2O/c1-17(2)8-7-13(16(17)20)15-12-6-4-3-5-11(12)14-9-18-10-19(14)15/h3-6,9-10,13,15-16,20H,7-8H2,1-2H3/t13-,15+,16-/m1/s1. The number of hydrogen-bond donors (Lipinski definition) is 1. The molecular weight excluding hydrogens is 248 g/mol. The van der Waals surface area contributed by atoms with Crippen molar-refractivity contribution >= 4 is 0 Å². The molecule has 3 nitrogen and oxygen atoms in total. The third-order valence-electron chi connectivity index (χ3n) is 5.25. The van der Waals surface area contributed by atoms with Crippen molar-refractivity contribution in [3.8, 4) is 11.3 Å². The predicted molar refractivity (Wildman–Crippen MR) is 78.3 cm³/mol. The fourth-order valence-corrected chi connectivity index (χ4v) is 4.06. The fourth-order valence-electron chi connectivity index (χ4n) is 4.06. The van der Waals surface area contributed by atoms with Gasteiger partial charge in [-0.3, -0.25) is 0 Å². The first kappa shape index (κ1) is 12.2. The molecule has 1 aromatic carbocycles. The van der Waals surface area contributed by atoms with Crippen LogP contribution in [0.25, 0.3) is 11.3 Å². The zero-order valence-electron chi connectivity index (χ0n) is 12.0. The van der Waals surface area contributed by atoms with E-state index in [0.29, 0.717) is 0 Å². The van der Waals surface area contributed by atoms with Crippen molar-refractivity contribution in [2.24, 2.45) is 11.3 Å². The summed E-state index contributed by atoms with van der Waals surface area (Å²) < 4.78 is 2.25. The van der Waals surface area contributed by atoms with E-state index >= 15 is 0 Å². The van der Waals surface area contributed by atoms with Gasteiger partial charge >= 0.3 is 0 Å². The summed E-state index contributed by atoms with van der Waals surface area (Å²) in [5.41, 5.74) is 3.81. The predicted octanol–water partition coefficient (Wildman–Crippen LogP) is 3.25. The highest BCUT2D eigenvalue weighted by molar-refractivity contribution is 5.69.